The van der Waals surface area contributed by atoms with Crippen molar-refractivity contribution in [1.82, 2.24) is 4.90 Å². The van der Waals surface area contributed by atoms with E-state index in [4.69, 9.17) is 14.2 Å². The number of likely N-dealkylation sites (N-methyl/N-ethyl adjacent to an activating group) is 1. The molecule has 0 radical (unpaired) electrons. The predicted octanol–water partition coefficient (Wildman–Crippen LogP) is -0.383. The Morgan fingerprint density at radius 1 is 1.09 bits per heavy atom. The van der Waals surface area contributed by atoms with E-state index in [1.165, 1.54) is 0 Å². The minimum atomic E-state index is -1.63. The van der Waals surface area contributed by atoms with Gasteiger partial charge >= 0.3 is 0 Å². The second-order valence-corrected chi connectivity index (χ2v) is 11.7. The lowest BCUT2D eigenvalue weighted by atomic mass is 9.42. The molecule has 7 bridgehead atoms. The average molecular weight is 454 g/mol. The van der Waals surface area contributed by atoms with Crippen LogP contribution in [0.15, 0.2) is 0 Å². The van der Waals surface area contributed by atoms with E-state index < -0.39 is 46.9 Å². The van der Waals surface area contributed by atoms with Crippen LogP contribution in [0.3, 0.4) is 0 Å². The molecule has 8 heteroatoms. The van der Waals surface area contributed by atoms with Crippen molar-refractivity contribution >= 4 is 0 Å². The highest BCUT2D eigenvalue weighted by Gasteiger charge is 2.91. The summed E-state index contributed by atoms with van der Waals surface area (Å²) in [5.41, 5.74) is -4.15. The minimum Gasteiger partial charge on any atom is -0.392 e. The van der Waals surface area contributed by atoms with Crippen LogP contribution in [0.4, 0.5) is 0 Å². The molecule has 6 aliphatic rings. The second kappa shape index (κ2) is 6.66. The number of methoxy groups -OCH3 is 3. The molecule has 0 amide bonds. The summed E-state index contributed by atoms with van der Waals surface area (Å²) < 4.78 is 17.7. The van der Waals surface area contributed by atoms with Crippen LogP contribution in [0, 0.1) is 34.5 Å². The summed E-state index contributed by atoms with van der Waals surface area (Å²) in [6.45, 7) is 4.05. The summed E-state index contributed by atoms with van der Waals surface area (Å²) in [4.78, 5) is 2.28. The number of ether oxygens (including phenoxy) is 3. The van der Waals surface area contributed by atoms with Crippen LogP contribution in [0.1, 0.15) is 32.6 Å². The summed E-state index contributed by atoms with van der Waals surface area (Å²) in [5.74, 6) is -0.889. The third kappa shape index (κ3) is 1.99. The number of hydrogen-bond acceptors (Lipinski definition) is 8. The standard InChI is InChI=1S/C24H39NO7/c1-5-25-10-21(11-30-2)7-6-15(26)23-13-8-12-14(31-3)9-22(28,16(13)17(12)27)24(29,20(23)25)19(32-4)18(21)23/h12-20,26-29H,5-11H2,1-4H3/t12-,13-,14?,15?,16-,17?,18-,19?,20+,21+,22-,23+,24-/m1/s1. The fraction of sp³-hybridized carbons (Fsp3) is 1.00. The molecule has 5 saturated carbocycles. The van der Waals surface area contributed by atoms with Crippen molar-refractivity contribution in [3.63, 3.8) is 0 Å². The van der Waals surface area contributed by atoms with E-state index in [1.807, 2.05) is 0 Å². The first-order chi connectivity index (χ1) is 15.2. The molecule has 32 heavy (non-hydrogen) atoms. The zero-order valence-corrected chi connectivity index (χ0v) is 19.6. The van der Waals surface area contributed by atoms with Gasteiger partial charge in [-0.1, -0.05) is 6.92 Å². The van der Waals surface area contributed by atoms with E-state index in [9.17, 15) is 20.4 Å². The first-order valence-electron chi connectivity index (χ1n) is 12.3. The zero-order chi connectivity index (χ0) is 22.8. The Morgan fingerprint density at radius 3 is 2.47 bits per heavy atom. The molecule has 182 valence electrons. The van der Waals surface area contributed by atoms with Gasteiger partial charge in [-0.05, 0) is 31.7 Å². The van der Waals surface area contributed by atoms with E-state index >= 15 is 0 Å². The molecule has 8 nitrogen and oxygen atoms in total. The predicted molar refractivity (Wildman–Crippen MR) is 114 cm³/mol. The molecule has 6 fully saturated rings. The van der Waals surface area contributed by atoms with E-state index in [2.05, 4.69) is 11.8 Å². The summed E-state index contributed by atoms with van der Waals surface area (Å²) >= 11 is 0. The smallest absolute Gasteiger partial charge is 0.136 e. The van der Waals surface area contributed by atoms with Crippen molar-refractivity contribution in [2.45, 2.75) is 74.3 Å². The maximum atomic E-state index is 12.8. The van der Waals surface area contributed by atoms with Crippen molar-refractivity contribution in [2.75, 3.05) is 41.0 Å². The Bertz CT molecular complexity index is 798. The molecule has 1 saturated heterocycles. The lowest BCUT2D eigenvalue weighted by Gasteiger charge is -2.69. The normalized spacial score (nSPS) is 62.4. The van der Waals surface area contributed by atoms with Crippen LogP contribution in [-0.4, -0.2) is 108 Å². The number of fused-ring (bicyclic) bond motifs is 2. The lowest BCUT2D eigenvalue weighted by Crippen LogP contribution is -2.81. The highest BCUT2D eigenvalue weighted by Crippen LogP contribution is 2.80. The summed E-state index contributed by atoms with van der Waals surface area (Å²) in [6.07, 6.45) is -0.0296. The summed E-state index contributed by atoms with van der Waals surface area (Å²) in [7, 11) is 4.95. The second-order valence-electron chi connectivity index (χ2n) is 11.7. The molecule has 13 atom stereocenters. The Balaban J connectivity index is 1.67. The van der Waals surface area contributed by atoms with E-state index in [0.29, 0.717) is 26.0 Å². The number of hydrogen-bond donors (Lipinski definition) is 4. The van der Waals surface area contributed by atoms with Gasteiger partial charge in [0.2, 0.25) is 0 Å². The van der Waals surface area contributed by atoms with Crippen LogP contribution >= 0.6 is 0 Å². The molecular formula is C24H39NO7. The fourth-order valence-corrected chi connectivity index (χ4v) is 10.7. The molecule has 1 spiro atoms. The number of rotatable bonds is 5. The molecular weight excluding hydrogens is 414 g/mol. The van der Waals surface area contributed by atoms with Gasteiger partial charge in [0.1, 0.15) is 11.2 Å². The number of nitrogens with zero attached hydrogens (tertiary/aromatic N) is 1. The Hall–Kier alpha value is -0.320. The largest absolute Gasteiger partial charge is 0.392 e. The lowest BCUT2D eigenvalue weighted by molar-refractivity contribution is -0.317. The number of aliphatic hydroxyl groups is 4. The summed E-state index contributed by atoms with van der Waals surface area (Å²) in [6, 6.07) is -0.442. The van der Waals surface area contributed by atoms with E-state index in [1.54, 1.807) is 21.3 Å². The first-order valence-corrected chi connectivity index (χ1v) is 12.3. The fourth-order valence-electron chi connectivity index (χ4n) is 10.7. The van der Waals surface area contributed by atoms with Gasteiger partial charge in [0, 0.05) is 62.9 Å². The highest BCUT2D eigenvalue weighted by molar-refractivity contribution is 5.41. The average Bonchev–Trinajstić information content (AvgIpc) is 3.14. The zero-order valence-electron chi connectivity index (χ0n) is 19.6. The van der Waals surface area contributed by atoms with Crippen LogP contribution < -0.4 is 0 Å². The van der Waals surface area contributed by atoms with E-state index in [0.717, 1.165) is 13.0 Å². The number of likely N-dealkylation sites (tertiary alicyclic amines) is 1. The van der Waals surface area contributed by atoms with Crippen LogP contribution in [-0.2, 0) is 14.2 Å². The summed E-state index contributed by atoms with van der Waals surface area (Å²) in [5, 5.41) is 48.5. The molecule has 5 aliphatic carbocycles. The van der Waals surface area contributed by atoms with Crippen LogP contribution in [0.2, 0.25) is 0 Å². The van der Waals surface area contributed by atoms with Gasteiger partial charge in [0.25, 0.3) is 0 Å². The van der Waals surface area contributed by atoms with Crippen molar-refractivity contribution in [1.29, 1.82) is 0 Å². The minimum absolute atomic E-state index is 0.102. The van der Waals surface area contributed by atoms with Gasteiger partial charge in [-0.2, -0.15) is 0 Å². The molecule has 1 heterocycles. The van der Waals surface area contributed by atoms with Crippen molar-refractivity contribution in [3.05, 3.63) is 0 Å². The Kier molecular flexibility index (Phi) is 4.62. The van der Waals surface area contributed by atoms with Gasteiger partial charge in [-0.25, -0.2) is 0 Å². The van der Waals surface area contributed by atoms with Crippen LogP contribution in [0.5, 0.6) is 0 Å². The van der Waals surface area contributed by atoms with Crippen molar-refractivity contribution < 1.29 is 34.6 Å². The third-order valence-electron chi connectivity index (χ3n) is 11.2. The molecule has 4 unspecified atom stereocenters. The molecule has 4 N–H and O–H groups in total. The van der Waals surface area contributed by atoms with E-state index in [-0.39, 0.29) is 35.7 Å². The highest BCUT2D eigenvalue weighted by atomic mass is 16.5. The quantitative estimate of drug-likeness (QED) is 0.446. The maximum Gasteiger partial charge on any atom is 0.136 e. The molecule has 0 aromatic rings. The molecule has 1 aliphatic heterocycles. The topological polar surface area (TPSA) is 112 Å². The molecule has 6 rings (SSSR count). The SMILES string of the molecule is CCN1C[C@]2(COC)CCC(O)[C@@]34[C@@H]5C[C@@H]6C(OC)C[C@@](O)([C@H]5C6O)[C@@](O)(C(OC)[C@H]23)[C@@H]14. The van der Waals surface area contributed by atoms with Gasteiger partial charge in [0.15, 0.2) is 0 Å². The van der Waals surface area contributed by atoms with Gasteiger partial charge in [0.05, 0.1) is 37.1 Å². The first kappa shape index (κ1) is 22.2. The molecule has 0 aromatic carbocycles. The van der Waals surface area contributed by atoms with Gasteiger partial charge in [-0.15, -0.1) is 0 Å². The van der Waals surface area contributed by atoms with Crippen molar-refractivity contribution in [3.8, 4) is 0 Å². The van der Waals surface area contributed by atoms with Gasteiger partial charge < -0.3 is 34.6 Å². The third-order valence-corrected chi connectivity index (χ3v) is 11.2. The monoisotopic (exact) mass is 453 g/mol. The number of piperidine rings is 1. The Morgan fingerprint density at radius 2 is 1.84 bits per heavy atom. The van der Waals surface area contributed by atoms with Gasteiger partial charge in [-0.3, -0.25) is 4.90 Å². The van der Waals surface area contributed by atoms with Crippen molar-refractivity contribution in [2.24, 2.45) is 34.5 Å². The molecule has 0 aromatic heterocycles. The maximum absolute atomic E-state index is 12.8. The van der Waals surface area contributed by atoms with Crippen LogP contribution in [0.25, 0.3) is 0 Å². The Labute approximate surface area is 189 Å². The number of aliphatic hydroxyl groups excluding tert-OH is 2.